The molecule has 0 radical (unpaired) electrons. The topological polar surface area (TPSA) is 21.3 Å². The van der Waals surface area contributed by atoms with Crippen molar-refractivity contribution in [1.29, 1.82) is 0 Å². The van der Waals surface area contributed by atoms with Gasteiger partial charge in [0.2, 0.25) is 0 Å². The van der Waals surface area contributed by atoms with Crippen molar-refractivity contribution in [3.05, 3.63) is 28.8 Å². The lowest BCUT2D eigenvalue weighted by molar-refractivity contribution is 0.411. The van der Waals surface area contributed by atoms with Gasteiger partial charge in [0.25, 0.3) is 0 Å². The van der Waals surface area contributed by atoms with Gasteiger partial charge in [0.15, 0.2) is 0 Å². The molecule has 0 amide bonds. The second kappa shape index (κ2) is 6.48. The molecule has 0 fully saturated rings. The molecule has 0 unspecified atom stereocenters. The summed E-state index contributed by atoms with van der Waals surface area (Å²) in [5.41, 5.74) is 3.91. The third-order valence-electron chi connectivity index (χ3n) is 2.73. The highest BCUT2D eigenvalue weighted by atomic mass is 32.2. The van der Waals surface area contributed by atoms with Crippen molar-refractivity contribution in [2.24, 2.45) is 0 Å². The monoisotopic (exact) mass is 267 g/mol. The van der Waals surface area contributed by atoms with Crippen LogP contribution in [0.15, 0.2) is 12.1 Å². The molecule has 3 heteroatoms. The van der Waals surface area contributed by atoms with Crippen LogP contribution >= 0.6 is 11.9 Å². The van der Waals surface area contributed by atoms with E-state index in [-0.39, 0.29) is 4.75 Å². The van der Waals surface area contributed by atoms with E-state index in [1.807, 2.05) is 0 Å². The van der Waals surface area contributed by atoms with Gasteiger partial charge in [-0.2, -0.15) is 0 Å². The fraction of sp³-hybridized carbons (Fsp3) is 0.600. The molecule has 0 aliphatic carbocycles. The second-order valence-electron chi connectivity index (χ2n) is 5.61. The largest absolute Gasteiger partial charge is 0.496 e. The lowest BCUT2D eigenvalue weighted by Crippen LogP contribution is -2.19. The Kier molecular flexibility index (Phi) is 5.54. The highest BCUT2D eigenvalue weighted by Gasteiger charge is 2.10. The van der Waals surface area contributed by atoms with Crippen LogP contribution in [0.4, 0.5) is 0 Å². The van der Waals surface area contributed by atoms with Gasteiger partial charge in [0.1, 0.15) is 5.75 Å². The number of aryl methyl sites for hydroxylation is 2. The maximum Gasteiger partial charge on any atom is 0.122 e. The third-order valence-corrected chi connectivity index (χ3v) is 3.69. The van der Waals surface area contributed by atoms with Crippen LogP contribution in [0.25, 0.3) is 0 Å². The Labute approximate surface area is 116 Å². The Balaban J connectivity index is 2.55. The number of rotatable bonds is 5. The molecule has 0 atom stereocenters. The van der Waals surface area contributed by atoms with Crippen molar-refractivity contribution in [2.45, 2.75) is 45.8 Å². The lowest BCUT2D eigenvalue weighted by atomic mass is 10.0. The molecule has 1 aromatic rings. The minimum atomic E-state index is 0.269. The standard InChI is InChI=1S/C15H25NOS/c1-11-10-14(17-6)12(2)9-13(11)7-8-16-18-15(3,4)5/h9-10,16H,7-8H2,1-6H3. The van der Waals surface area contributed by atoms with E-state index in [2.05, 4.69) is 51.5 Å². The zero-order valence-corrected chi connectivity index (χ0v) is 13.2. The average Bonchev–Trinajstić information content (AvgIpc) is 2.27. The van der Waals surface area contributed by atoms with Crippen LogP contribution in [0.1, 0.15) is 37.5 Å². The minimum absolute atomic E-state index is 0.269. The minimum Gasteiger partial charge on any atom is -0.496 e. The van der Waals surface area contributed by atoms with Crippen molar-refractivity contribution in [1.82, 2.24) is 4.72 Å². The number of nitrogens with one attached hydrogen (secondary N) is 1. The van der Waals surface area contributed by atoms with E-state index in [1.54, 1.807) is 19.1 Å². The molecule has 0 aliphatic rings. The summed E-state index contributed by atoms with van der Waals surface area (Å²) >= 11 is 1.80. The fourth-order valence-electron chi connectivity index (χ4n) is 1.79. The van der Waals surface area contributed by atoms with Crippen LogP contribution in [-0.2, 0) is 6.42 Å². The zero-order valence-electron chi connectivity index (χ0n) is 12.4. The van der Waals surface area contributed by atoms with Gasteiger partial charge in [-0.1, -0.05) is 18.0 Å². The normalized spacial score (nSPS) is 11.7. The maximum atomic E-state index is 5.33. The molecule has 0 spiro atoms. The summed E-state index contributed by atoms with van der Waals surface area (Å²) in [4.78, 5) is 0. The van der Waals surface area contributed by atoms with Crippen molar-refractivity contribution in [3.63, 3.8) is 0 Å². The van der Waals surface area contributed by atoms with Crippen molar-refractivity contribution in [3.8, 4) is 5.75 Å². The fourth-order valence-corrected chi connectivity index (χ4v) is 2.43. The van der Waals surface area contributed by atoms with Crippen LogP contribution in [0.2, 0.25) is 0 Å². The summed E-state index contributed by atoms with van der Waals surface area (Å²) in [6.45, 7) is 11.9. The first-order chi connectivity index (χ1) is 8.33. The summed E-state index contributed by atoms with van der Waals surface area (Å²) in [7, 11) is 1.73. The van der Waals surface area contributed by atoms with Crippen LogP contribution in [0.5, 0.6) is 5.75 Å². The van der Waals surface area contributed by atoms with Crippen LogP contribution in [-0.4, -0.2) is 18.4 Å². The van der Waals surface area contributed by atoms with E-state index in [9.17, 15) is 0 Å². The molecule has 0 saturated carbocycles. The van der Waals surface area contributed by atoms with Gasteiger partial charge >= 0.3 is 0 Å². The maximum absolute atomic E-state index is 5.33. The van der Waals surface area contributed by atoms with E-state index >= 15 is 0 Å². The Morgan fingerprint density at radius 3 is 2.39 bits per heavy atom. The van der Waals surface area contributed by atoms with Gasteiger partial charge < -0.3 is 4.74 Å². The number of methoxy groups -OCH3 is 1. The van der Waals surface area contributed by atoms with Crippen LogP contribution < -0.4 is 9.46 Å². The molecular weight excluding hydrogens is 242 g/mol. The van der Waals surface area contributed by atoms with E-state index in [4.69, 9.17) is 4.74 Å². The Bertz CT molecular complexity index is 396. The first-order valence-corrected chi connectivity index (χ1v) is 7.20. The molecule has 0 aliphatic heterocycles. The van der Waals surface area contributed by atoms with Crippen LogP contribution in [0, 0.1) is 13.8 Å². The van der Waals surface area contributed by atoms with E-state index in [0.717, 1.165) is 18.7 Å². The number of benzene rings is 1. The van der Waals surface area contributed by atoms with Crippen LogP contribution in [0.3, 0.4) is 0 Å². The van der Waals surface area contributed by atoms with Crippen molar-refractivity contribution >= 4 is 11.9 Å². The predicted octanol–water partition coefficient (Wildman–Crippen LogP) is 3.89. The molecule has 0 aromatic heterocycles. The summed E-state index contributed by atoms with van der Waals surface area (Å²) in [5.74, 6) is 0.980. The Hall–Kier alpha value is -0.670. The highest BCUT2D eigenvalue weighted by molar-refractivity contribution is 7.98. The Morgan fingerprint density at radius 1 is 1.17 bits per heavy atom. The molecule has 0 bridgehead atoms. The van der Waals surface area contributed by atoms with Gasteiger partial charge in [0, 0.05) is 11.3 Å². The van der Waals surface area contributed by atoms with Gasteiger partial charge in [-0.3, -0.25) is 4.72 Å². The quantitative estimate of drug-likeness (QED) is 0.646. The van der Waals surface area contributed by atoms with Crippen molar-refractivity contribution < 1.29 is 4.74 Å². The number of hydrogen-bond acceptors (Lipinski definition) is 3. The zero-order chi connectivity index (χ0) is 13.8. The molecular formula is C15H25NOS. The lowest BCUT2D eigenvalue weighted by Gasteiger charge is -2.18. The third kappa shape index (κ3) is 4.91. The molecule has 1 N–H and O–H groups in total. The summed E-state index contributed by atoms with van der Waals surface area (Å²) in [6.07, 6.45) is 1.06. The van der Waals surface area contributed by atoms with Gasteiger partial charge in [-0.25, -0.2) is 0 Å². The number of ether oxygens (including phenoxy) is 1. The smallest absolute Gasteiger partial charge is 0.122 e. The van der Waals surface area contributed by atoms with Gasteiger partial charge in [-0.05, 0) is 63.8 Å². The van der Waals surface area contributed by atoms with E-state index in [0.29, 0.717) is 0 Å². The molecule has 2 nitrogen and oxygen atoms in total. The van der Waals surface area contributed by atoms with Gasteiger partial charge in [0.05, 0.1) is 7.11 Å². The van der Waals surface area contributed by atoms with E-state index in [1.165, 1.54) is 16.7 Å². The summed E-state index contributed by atoms with van der Waals surface area (Å²) in [5, 5.41) is 0. The van der Waals surface area contributed by atoms with Crippen molar-refractivity contribution in [2.75, 3.05) is 13.7 Å². The van der Waals surface area contributed by atoms with E-state index < -0.39 is 0 Å². The SMILES string of the molecule is COc1cc(C)c(CCNSC(C)(C)C)cc1C. The second-order valence-corrected chi connectivity index (χ2v) is 7.32. The average molecular weight is 267 g/mol. The molecule has 0 saturated heterocycles. The molecule has 102 valence electrons. The molecule has 0 heterocycles. The summed E-state index contributed by atoms with van der Waals surface area (Å²) in [6, 6.07) is 4.36. The predicted molar refractivity (Wildman–Crippen MR) is 81.5 cm³/mol. The first kappa shape index (κ1) is 15.4. The Morgan fingerprint density at radius 2 is 1.83 bits per heavy atom. The molecule has 1 aromatic carbocycles. The van der Waals surface area contributed by atoms with Gasteiger partial charge in [-0.15, -0.1) is 0 Å². The summed E-state index contributed by atoms with van der Waals surface area (Å²) < 4.78 is 9.03. The molecule has 1 rings (SSSR count). The number of hydrogen-bond donors (Lipinski definition) is 1. The first-order valence-electron chi connectivity index (χ1n) is 6.38. The molecule has 18 heavy (non-hydrogen) atoms. The highest BCUT2D eigenvalue weighted by Crippen LogP contribution is 2.23.